The maximum Gasteiger partial charge on any atom is 0.224 e. The minimum atomic E-state index is 0.0944. The van der Waals surface area contributed by atoms with Crippen molar-refractivity contribution in [2.24, 2.45) is 5.92 Å². The van der Waals surface area contributed by atoms with Crippen LogP contribution in [0.2, 0.25) is 0 Å². The van der Waals surface area contributed by atoms with Gasteiger partial charge in [-0.25, -0.2) is 0 Å². The van der Waals surface area contributed by atoms with Crippen LogP contribution in [0.3, 0.4) is 0 Å². The van der Waals surface area contributed by atoms with E-state index in [-0.39, 0.29) is 5.91 Å². The smallest absolute Gasteiger partial charge is 0.224 e. The van der Waals surface area contributed by atoms with E-state index in [1.54, 1.807) is 0 Å². The van der Waals surface area contributed by atoms with Gasteiger partial charge in [-0.05, 0) is 31.4 Å². The molecule has 0 unspecified atom stereocenters. The Labute approximate surface area is 91.7 Å². The summed E-state index contributed by atoms with van der Waals surface area (Å²) < 4.78 is 0. The highest BCUT2D eigenvalue weighted by Crippen LogP contribution is 2.16. The topological polar surface area (TPSA) is 29.1 Å². The van der Waals surface area contributed by atoms with Crippen LogP contribution >= 0.6 is 0 Å². The molecular weight excluding hydrogens is 186 g/mol. The van der Waals surface area contributed by atoms with Gasteiger partial charge in [0.2, 0.25) is 5.91 Å². The van der Waals surface area contributed by atoms with Gasteiger partial charge in [0.05, 0.1) is 0 Å². The maximum absolute atomic E-state index is 11.5. The monoisotopic (exact) mass is 205 g/mol. The molecule has 0 spiro atoms. The van der Waals surface area contributed by atoms with Gasteiger partial charge in [0.1, 0.15) is 0 Å². The van der Waals surface area contributed by atoms with E-state index in [1.807, 2.05) is 39.8 Å². The minimum Gasteiger partial charge on any atom is -0.326 e. The van der Waals surface area contributed by atoms with E-state index in [0.717, 1.165) is 11.3 Å². The fourth-order valence-corrected chi connectivity index (χ4v) is 1.53. The number of hydrogen-bond donors (Lipinski definition) is 1. The van der Waals surface area contributed by atoms with Crippen molar-refractivity contribution in [3.63, 3.8) is 0 Å². The lowest BCUT2D eigenvalue weighted by Gasteiger charge is -2.10. The van der Waals surface area contributed by atoms with E-state index >= 15 is 0 Å². The van der Waals surface area contributed by atoms with Gasteiger partial charge in [0.15, 0.2) is 0 Å². The molecule has 1 aromatic carbocycles. The molecule has 0 radical (unpaired) electrons. The minimum absolute atomic E-state index is 0.0944. The molecule has 0 aliphatic heterocycles. The number of anilines is 1. The average molecular weight is 205 g/mol. The summed E-state index contributed by atoms with van der Waals surface area (Å²) in [5.41, 5.74) is 3.26. The number of carbonyl (C=O) groups is 1. The summed E-state index contributed by atoms with van der Waals surface area (Å²) in [5, 5.41) is 2.93. The molecule has 1 N–H and O–H groups in total. The molecule has 0 saturated heterocycles. The zero-order valence-corrected chi connectivity index (χ0v) is 9.92. The third kappa shape index (κ3) is 3.74. The quantitative estimate of drug-likeness (QED) is 0.806. The standard InChI is InChI=1S/C13H19NO/c1-9(2)7-13(15)14-12-6-5-10(3)8-11(12)4/h5-6,8-9H,7H2,1-4H3,(H,14,15). The highest BCUT2D eigenvalue weighted by atomic mass is 16.1. The van der Waals surface area contributed by atoms with Gasteiger partial charge in [-0.2, -0.15) is 0 Å². The van der Waals surface area contributed by atoms with E-state index in [2.05, 4.69) is 11.4 Å². The van der Waals surface area contributed by atoms with Gasteiger partial charge in [-0.15, -0.1) is 0 Å². The number of nitrogens with one attached hydrogen (secondary N) is 1. The fourth-order valence-electron chi connectivity index (χ4n) is 1.53. The Bertz CT molecular complexity index is 356. The molecule has 0 aliphatic carbocycles. The molecule has 0 heterocycles. The summed E-state index contributed by atoms with van der Waals surface area (Å²) in [7, 11) is 0. The molecule has 0 fully saturated rings. The molecular formula is C13H19NO. The summed E-state index contributed by atoms with van der Waals surface area (Å²) >= 11 is 0. The number of aryl methyl sites for hydroxylation is 2. The van der Waals surface area contributed by atoms with E-state index in [1.165, 1.54) is 5.56 Å². The predicted octanol–water partition coefficient (Wildman–Crippen LogP) is 3.29. The summed E-state index contributed by atoms with van der Waals surface area (Å²) in [5.74, 6) is 0.493. The normalized spacial score (nSPS) is 10.5. The second-order valence-corrected chi connectivity index (χ2v) is 4.46. The van der Waals surface area contributed by atoms with Crippen molar-refractivity contribution in [1.82, 2.24) is 0 Å². The van der Waals surface area contributed by atoms with Crippen LogP contribution in [0.25, 0.3) is 0 Å². The third-order valence-corrected chi connectivity index (χ3v) is 2.25. The molecule has 0 aromatic heterocycles. The Balaban J connectivity index is 2.68. The molecule has 0 saturated carbocycles. The molecule has 15 heavy (non-hydrogen) atoms. The molecule has 0 bridgehead atoms. The Morgan fingerprint density at radius 2 is 2.00 bits per heavy atom. The second kappa shape index (κ2) is 4.96. The molecule has 1 aromatic rings. The van der Waals surface area contributed by atoms with Crippen LogP contribution in [-0.2, 0) is 4.79 Å². The van der Waals surface area contributed by atoms with Gasteiger partial charge in [0.25, 0.3) is 0 Å². The van der Waals surface area contributed by atoms with Crippen LogP contribution in [0.15, 0.2) is 18.2 Å². The van der Waals surface area contributed by atoms with Crippen molar-refractivity contribution >= 4 is 11.6 Å². The first-order valence-corrected chi connectivity index (χ1v) is 5.36. The average Bonchev–Trinajstić information content (AvgIpc) is 2.08. The second-order valence-electron chi connectivity index (χ2n) is 4.46. The molecule has 1 amide bonds. The first-order valence-electron chi connectivity index (χ1n) is 5.36. The number of rotatable bonds is 3. The summed E-state index contributed by atoms with van der Waals surface area (Å²) in [4.78, 5) is 11.5. The molecule has 0 atom stereocenters. The third-order valence-electron chi connectivity index (χ3n) is 2.25. The molecule has 2 nitrogen and oxygen atoms in total. The number of benzene rings is 1. The highest BCUT2D eigenvalue weighted by Gasteiger charge is 2.06. The van der Waals surface area contributed by atoms with Crippen molar-refractivity contribution in [2.45, 2.75) is 34.1 Å². The van der Waals surface area contributed by atoms with Crippen LogP contribution in [0.4, 0.5) is 5.69 Å². The lowest BCUT2D eigenvalue weighted by molar-refractivity contribution is -0.116. The SMILES string of the molecule is Cc1ccc(NC(=O)CC(C)C)c(C)c1. The molecule has 1 rings (SSSR count). The largest absolute Gasteiger partial charge is 0.326 e. The van der Waals surface area contributed by atoms with Crippen molar-refractivity contribution in [2.75, 3.05) is 5.32 Å². The van der Waals surface area contributed by atoms with Crippen LogP contribution in [0, 0.1) is 19.8 Å². The Kier molecular flexibility index (Phi) is 3.89. The van der Waals surface area contributed by atoms with E-state index < -0.39 is 0 Å². The van der Waals surface area contributed by atoms with Gasteiger partial charge >= 0.3 is 0 Å². The van der Waals surface area contributed by atoms with Crippen molar-refractivity contribution in [3.8, 4) is 0 Å². The van der Waals surface area contributed by atoms with Gasteiger partial charge in [0, 0.05) is 12.1 Å². The molecule has 0 aliphatic rings. The van der Waals surface area contributed by atoms with E-state index in [9.17, 15) is 4.79 Å². The van der Waals surface area contributed by atoms with Crippen LogP contribution < -0.4 is 5.32 Å². The first-order chi connectivity index (χ1) is 6.99. The maximum atomic E-state index is 11.5. The van der Waals surface area contributed by atoms with Crippen LogP contribution in [0.1, 0.15) is 31.4 Å². The van der Waals surface area contributed by atoms with Crippen molar-refractivity contribution in [1.29, 1.82) is 0 Å². The Morgan fingerprint density at radius 3 is 2.53 bits per heavy atom. The lowest BCUT2D eigenvalue weighted by atomic mass is 10.1. The zero-order valence-electron chi connectivity index (χ0n) is 9.92. The van der Waals surface area contributed by atoms with Crippen molar-refractivity contribution < 1.29 is 4.79 Å². The highest BCUT2D eigenvalue weighted by molar-refractivity contribution is 5.91. The van der Waals surface area contributed by atoms with E-state index in [0.29, 0.717) is 12.3 Å². The number of amides is 1. The van der Waals surface area contributed by atoms with Crippen molar-refractivity contribution in [3.05, 3.63) is 29.3 Å². The number of hydrogen-bond acceptors (Lipinski definition) is 1. The Hall–Kier alpha value is -1.31. The lowest BCUT2D eigenvalue weighted by Crippen LogP contribution is -2.14. The van der Waals surface area contributed by atoms with Gasteiger partial charge in [-0.1, -0.05) is 31.5 Å². The summed E-state index contributed by atoms with van der Waals surface area (Å²) in [6.45, 7) is 8.15. The zero-order chi connectivity index (χ0) is 11.4. The van der Waals surface area contributed by atoms with E-state index in [4.69, 9.17) is 0 Å². The molecule has 2 heteroatoms. The van der Waals surface area contributed by atoms with Gasteiger partial charge in [-0.3, -0.25) is 4.79 Å². The van der Waals surface area contributed by atoms with Crippen LogP contribution in [0.5, 0.6) is 0 Å². The summed E-state index contributed by atoms with van der Waals surface area (Å²) in [6, 6.07) is 6.05. The van der Waals surface area contributed by atoms with Gasteiger partial charge < -0.3 is 5.32 Å². The Morgan fingerprint density at radius 1 is 1.33 bits per heavy atom. The fraction of sp³-hybridized carbons (Fsp3) is 0.462. The number of carbonyl (C=O) groups excluding carboxylic acids is 1. The molecule has 82 valence electrons. The summed E-state index contributed by atoms with van der Waals surface area (Å²) in [6.07, 6.45) is 0.577. The predicted molar refractivity (Wildman–Crippen MR) is 64.0 cm³/mol. The van der Waals surface area contributed by atoms with Crippen LogP contribution in [-0.4, -0.2) is 5.91 Å². The first kappa shape index (κ1) is 11.8.